The second-order valence-electron chi connectivity index (χ2n) is 7.75. The van der Waals surface area contributed by atoms with Gasteiger partial charge >= 0.3 is 6.36 Å². The normalized spacial score (nSPS) is 19.4. The van der Waals surface area contributed by atoms with Crippen LogP contribution in [0.5, 0.6) is 10.9 Å². The predicted molar refractivity (Wildman–Crippen MR) is 109 cm³/mol. The standard InChI is InChI=1S/C21H24F3N3O3S/c22-21(23,24)30-18-3-1-15(2-4-18)19(28)27-10-5-16(6-11-27)26-12-7-17(8-13-26)29-20-25-9-14-31-20/h1-4,9,14,16-17H,5-8,10-13H2. The summed E-state index contributed by atoms with van der Waals surface area (Å²) in [7, 11) is 0. The van der Waals surface area contributed by atoms with Gasteiger partial charge in [0.25, 0.3) is 11.1 Å². The van der Waals surface area contributed by atoms with Crippen molar-refractivity contribution in [1.82, 2.24) is 14.8 Å². The minimum absolute atomic E-state index is 0.160. The molecule has 2 fully saturated rings. The fourth-order valence-electron chi connectivity index (χ4n) is 4.19. The van der Waals surface area contributed by atoms with E-state index in [9.17, 15) is 18.0 Å². The first-order valence-electron chi connectivity index (χ1n) is 10.3. The molecule has 2 saturated heterocycles. The van der Waals surface area contributed by atoms with Crippen molar-refractivity contribution in [3.8, 4) is 10.9 Å². The molecule has 0 spiro atoms. The zero-order valence-electron chi connectivity index (χ0n) is 16.9. The highest BCUT2D eigenvalue weighted by Gasteiger charge is 2.32. The summed E-state index contributed by atoms with van der Waals surface area (Å²) in [5.41, 5.74) is 0.369. The minimum atomic E-state index is -4.74. The van der Waals surface area contributed by atoms with Crippen molar-refractivity contribution in [2.75, 3.05) is 26.2 Å². The predicted octanol–water partition coefficient (Wildman–Crippen LogP) is 4.19. The number of ether oxygens (including phenoxy) is 2. The molecule has 2 aromatic rings. The molecule has 0 radical (unpaired) electrons. The van der Waals surface area contributed by atoms with Crippen LogP contribution in [0.2, 0.25) is 0 Å². The van der Waals surface area contributed by atoms with Crippen LogP contribution in [0.1, 0.15) is 36.0 Å². The first-order valence-corrected chi connectivity index (χ1v) is 11.2. The number of hydrogen-bond acceptors (Lipinski definition) is 6. The van der Waals surface area contributed by atoms with Gasteiger partial charge in [0, 0.05) is 49.4 Å². The van der Waals surface area contributed by atoms with Gasteiger partial charge in [-0.25, -0.2) is 4.98 Å². The van der Waals surface area contributed by atoms with Gasteiger partial charge in [0.15, 0.2) is 0 Å². The van der Waals surface area contributed by atoms with E-state index in [4.69, 9.17) is 4.74 Å². The van der Waals surface area contributed by atoms with Crippen LogP contribution in [0.3, 0.4) is 0 Å². The summed E-state index contributed by atoms with van der Waals surface area (Å²) < 4.78 is 46.6. The number of nitrogens with zero attached hydrogens (tertiary/aromatic N) is 3. The van der Waals surface area contributed by atoms with E-state index in [0.717, 1.165) is 44.0 Å². The highest BCUT2D eigenvalue weighted by Crippen LogP contribution is 2.26. The Bertz CT molecular complexity index is 845. The van der Waals surface area contributed by atoms with E-state index < -0.39 is 6.36 Å². The Morgan fingerprint density at radius 1 is 1.03 bits per heavy atom. The van der Waals surface area contributed by atoms with Gasteiger partial charge in [-0.15, -0.1) is 13.2 Å². The van der Waals surface area contributed by atoms with Crippen molar-refractivity contribution >= 4 is 17.2 Å². The smallest absolute Gasteiger partial charge is 0.467 e. The number of carbonyl (C=O) groups is 1. The van der Waals surface area contributed by atoms with Crippen LogP contribution in [0, 0.1) is 0 Å². The number of thiazole rings is 1. The van der Waals surface area contributed by atoms with Gasteiger partial charge in [-0.3, -0.25) is 9.69 Å². The lowest BCUT2D eigenvalue weighted by Gasteiger charge is -2.41. The number of hydrogen-bond donors (Lipinski definition) is 0. The van der Waals surface area contributed by atoms with Crippen molar-refractivity contribution in [2.24, 2.45) is 0 Å². The van der Waals surface area contributed by atoms with Gasteiger partial charge < -0.3 is 14.4 Å². The number of benzene rings is 1. The minimum Gasteiger partial charge on any atom is -0.467 e. The molecule has 2 aliphatic rings. The van der Waals surface area contributed by atoms with Crippen LogP contribution in [-0.2, 0) is 0 Å². The molecule has 6 nitrogen and oxygen atoms in total. The van der Waals surface area contributed by atoms with Crippen LogP contribution in [0.15, 0.2) is 35.8 Å². The summed E-state index contributed by atoms with van der Waals surface area (Å²) in [6, 6.07) is 5.54. The zero-order valence-corrected chi connectivity index (χ0v) is 17.7. The third-order valence-electron chi connectivity index (χ3n) is 5.76. The number of halogens is 3. The Labute approximate surface area is 182 Å². The van der Waals surface area contributed by atoms with Crippen molar-refractivity contribution in [3.05, 3.63) is 41.4 Å². The van der Waals surface area contributed by atoms with E-state index in [2.05, 4.69) is 14.6 Å². The summed E-state index contributed by atoms with van der Waals surface area (Å²) in [5.74, 6) is -0.488. The van der Waals surface area contributed by atoms with Gasteiger partial charge in [-0.2, -0.15) is 0 Å². The number of rotatable bonds is 5. The van der Waals surface area contributed by atoms with Crippen LogP contribution in [0.25, 0.3) is 0 Å². The number of aromatic nitrogens is 1. The fourth-order valence-corrected chi connectivity index (χ4v) is 4.74. The molecular formula is C21H24F3N3O3S. The van der Waals surface area contributed by atoms with E-state index in [0.29, 0.717) is 24.7 Å². The number of amides is 1. The highest BCUT2D eigenvalue weighted by molar-refractivity contribution is 7.11. The molecule has 0 N–H and O–H groups in total. The van der Waals surface area contributed by atoms with E-state index in [-0.39, 0.29) is 17.8 Å². The average molecular weight is 456 g/mol. The summed E-state index contributed by atoms with van der Waals surface area (Å²) in [6.45, 7) is 3.21. The molecule has 1 aromatic carbocycles. The Balaban J connectivity index is 1.23. The Kier molecular flexibility index (Phi) is 6.66. The van der Waals surface area contributed by atoms with E-state index in [1.54, 1.807) is 11.1 Å². The van der Waals surface area contributed by atoms with Crippen LogP contribution < -0.4 is 9.47 Å². The molecule has 168 valence electrons. The maximum absolute atomic E-state index is 12.7. The van der Waals surface area contributed by atoms with Crippen LogP contribution >= 0.6 is 11.3 Å². The SMILES string of the molecule is O=C(c1ccc(OC(F)(F)F)cc1)N1CCC(N2CCC(Oc3nccs3)CC2)CC1. The van der Waals surface area contributed by atoms with Gasteiger partial charge in [-0.1, -0.05) is 11.3 Å². The summed E-state index contributed by atoms with van der Waals surface area (Å²) in [5, 5.41) is 2.63. The molecule has 1 amide bonds. The number of likely N-dealkylation sites (tertiary alicyclic amines) is 2. The van der Waals surface area contributed by atoms with Crippen molar-refractivity contribution < 1.29 is 27.4 Å². The quantitative estimate of drug-likeness (QED) is 0.677. The van der Waals surface area contributed by atoms with E-state index in [1.807, 2.05) is 5.38 Å². The maximum atomic E-state index is 12.7. The zero-order chi connectivity index (χ0) is 21.8. The molecule has 4 rings (SSSR count). The van der Waals surface area contributed by atoms with Crippen LogP contribution in [0.4, 0.5) is 13.2 Å². The topological polar surface area (TPSA) is 54.9 Å². The lowest BCUT2D eigenvalue weighted by atomic mass is 9.98. The van der Waals surface area contributed by atoms with Crippen molar-refractivity contribution in [3.63, 3.8) is 0 Å². The van der Waals surface area contributed by atoms with Gasteiger partial charge in [0.2, 0.25) is 0 Å². The number of carbonyl (C=O) groups excluding carboxylic acids is 1. The molecule has 0 saturated carbocycles. The third kappa shape index (κ3) is 5.88. The van der Waals surface area contributed by atoms with E-state index in [1.165, 1.54) is 35.6 Å². The van der Waals surface area contributed by atoms with Crippen molar-refractivity contribution in [1.29, 1.82) is 0 Å². The molecular weight excluding hydrogens is 431 g/mol. The number of alkyl halides is 3. The summed E-state index contributed by atoms with van der Waals surface area (Å²) >= 11 is 1.51. The maximum Gasteiger partial charge on any atom is 0.573 e. The van der Waals surface area contributed by atoms with E-state index >= 15 is 0 Å². The Hall–Kier alpha value is -2.33. The first-order chi connectivity index (χ1) is 14.9. The Morgan fingerprint density at radius 2 is 1.71 bits per heavy atom. The molecule has 0 bridgehead atoms. The van der Waals surface area contributed by atoms with Gasteiger partial charge in [0.05, 0.1) is 0 Å². The highest BCUT2D eigenvalue weighted by atomic mass is 32.1. The molecule has 0 aliphatic carbocycles. The molecule has 2 aliphatic heterocycles. The molecule has 1 aromatic heterocycles. The monoisotopic (exact) mass is 455 g/mol. The van der Waals surface area contributed by atoms with Gasteiger partial charge in [0.1, 0.15) is 11.9 Å². The Morgan fingerprint density at radius 3 is 2.29 bits per heavy atom. The second kappa shape index (κ2) is 9.44. The average Bonchev–Trinajstić information content (AvgIpc) is 3.26. The second-order valence-corrected chi connectivity index (χ2v) is 8.60. The van der Waals surface area contributed by atoms with Gasteiger partial charge in [-0.05, 0) is 49.9 Å². The lowest BCUT2D eigenvalue weighted by Crippen LogP contribution is -2.50. The summed E-state index contributed by atoms with van der Waals surface area (Å²) in [6.07, 6.45) is 0.908. The fraction of sp³-hybridized carbons (Fsp3) is 0.524. The molecule has 0 unspecified atom stereocenters. The van der Waals surface area contributed by atoms with Crippen molar-refractivity contribution in [2.45, 2.75) is 44.2 Å². The number of piperidine rings is 2. The molecule has 10 heteroatoms. The first kappa shape index (κ1) is 21.9. The van der Waals surface area contributed by atoms with Crippen LogP contribution in [-0.4, -0.2) is 65.4 Å². The third-order valence-corrected chi connectivity index (χ3v) is 6.42. The molecule has 31 heavy (non-hydrogen) atoms. The lowest BCUT2D eigenvalue weighted by molar-refractivity contribution is -0.274. The largest absolute Gasteiger partial charge is 0.573 e. The summed E-state index contributed by atoms with van der Waals surface area (Å²) in [4.78, 5) is 21.1. The molecule has 0 atom stereocenters. The molecule has 3 heterocycles.